The molecule has 5 aromatic rings. The minimum atomic E-state index is -1.49. The van der Waals surface area contributed by atoms with Crippen molar-refractivity contribution in [2.45, 2.75) is 77.1 Å². The highest BCUT2D eigenvalue weighted by atomic mass is 16.7. The van der Waals surface area contributed by atoms with E-state index < -0.39 is 36.8 Å². The van der Waals surface area contributed by atoms with Crippen molar-refractivity contribution in [1.29, 1.82) is 0 Å². The molecule has 0 radical (unpaired) electrons. The molecule has 0 spiro atoms. The maximum absolute atomic E-state index is 14.7. The van der Waals surface area contributed by atoms with E-state index >= 15 is 0 Å². The number of aliphatic hydroxyl groups excluding tert-OH is 1. The van der Waals surface area contributed by atoms with Gasteiger partial charge in [0.05, 0.1) is 25.4 Å². The van der Waals surface area contributed by atoms with E-state index in [1.54, 1.807) is 11.0 Å². The van der Waals surface area contributed by atoms with E-state index in [9.17, 15) is 9.90 Å². The molecule has 58 heavy (non-hydrogen) atoms. The van der Waals surface area contributed by atoms with Gasteiger partial charge in [-0.05, 0) is 42.2 Å². The Hall–Kier alpha value is -5.27. The van der Waals surface area contributed by atoms with Gasteiger partial charge in [0.2, 0.25) is 12.5 Å². The second-order valence-corrected chi connectivity index (χ2v) is 14.1. The van der Waals surface area contributed by atoms with Crippen LogP contribution in [-0.4, -0.2) is 73.6 Å². The minimum absolute atomic E-state index is 0.0835. The van der Waals surface area contributed by atoms with Gasteiger partial charge in [0, 0.05) is 25.8 Å². The van der Waals surface area contributed by atoms with E-state index in [2.05, 4.69) is 0 Å². The van der Waals surface area contributed by atoms with Gasteiger partial charge in [-0.3, -0.25) is 4.79 Å². The lowest BCUT2D eigenvalue weighted by Gasteiger charge is -2.47. The van der Waals surface area contributed by atoms with E-state index in [1.165, 1.54) is 7.11 Å². The first kappa shape index (κ1) is 40.9. The molecular formula is C47H51NO10. The summed E-state index contributed by atoms with van der Waals surface area (Å²) in [5.41, 5.74) is 4.04. The van der Waals surface area contributed by atoms with Gasteiger partial charge in [-0.1, -0.05) is 121 Å². The summed E-state index contributed by atoms with van der Waals surface area (Å²) in [5, 5.41) is 12.8. The van der Waals surface area contributed by atoms with Crippen LogP contribution in [0.3, 0.4) is 0 Å². The number of fused-ring (bicyclic) bond motifs is 1. The molecule has 1 amide bonds. The number of benzene rings is 5. The summed E-state index contributed by atoms with van der Waals surface area (Å²) in [7, 11) is 1.53. The Morgan fingerprint density at radius 1 is 0.690 bits per heavy atom. The molecule has 2 aliphatic heterocycles. The van der Waals surface area contributed by atoms with Crippen LogP contribution in [-0.2, 0) is 50.1 Å². The second-order valence-electron chi connectivity index (χ2n) is 14.1. The topological polar surface area (TPSA) is 114 Å². The minimum Gasteiger partial charge on any atom is -0.484 e. The van der Waals surface area contributed by atoms with Crippen LogP contribution in [0.4, 0.5) is 0 Å². The van der Waals surface area contributed by atoms with Gasteiger partial charge >= 0.3 is 0 Å². The lowest BCUT2D eigenvalue weighted by Crippen LogP contribution is -2.62. The first-order chi connectivity index (χ1) is 28.5. The fourth-order valence-corrected chi connectivity index (χ4v) is 7.33. The van der Waals surface area contributed by atoms with E-state index in [4.69, 9.17) is 37.9 Å². The summed E-state index contributed by atoms with van der Waals surface area (Å²) in [5.74, 6) is 0.445. The molecule has 11 nitrogen and oxygen atoms in total. The van der Waals surface area contributed by atoms with Crippen LogP contribution in [0.5, 0.6) is 17.2 Å². The maximum atomic E-state index is 14.7. The Bertz CT molecular complexity index is 2030. The molecule has 0 aliphatic carbocycles. The Labute approximate surface area is 339 Å². The highest BCUT2D eigenvalue weighted by Gasteiger charge is 2.52. The second kappa shape index (κ2) is 19.9. The Morgan fingerprint density at radius 3 is 1.67 bits per heavy atom. The molecular weight excluding hydrogens is 739 g/mol. The molecule has 0 aromatic heterocycles. The molecule has 1 unspecified atom stereocenters. The van der Waals surface area contributed by atoms with E-state index in [1.807, 2.05) is 135 Å². The number of carbonyl (C=O) groups excluding carboxylic acids is 1. The fraction of sp³-hybridized carbons (Fsp3) is 0.340. The molecule has 0 saturated carbocycles. The quantitative estimate of drug-likeness (QED) is 0.0951. The van der Waals surface area contributed by atoms with Crippen molar-refractivity contribution in [3.05, 3.63) is 161 Å². The predicted octanol–water partition coefficient (Wildman–Crippen LogP) is 7.64. The third-order valence-electron chi connectivity index (χ3n) is 10.4. The molecule has 11 heteroatoms. The number of methoxy groups -OCH3 is 1. The Kier molecular flexibility index (Phi) is 14.1. The van der Waals surface area contributed by atoms with Gasteiger partial charge in [0.25, 0.3) is 5.91 Å². The number of hydrogen-bond donors (Lipinski definition) is 1. The highest BCUT2D eigenvalue weighted by molar-refractivity contribution is 6.00. The summed E-state index contributed by atoms with van der Waals surface area (Å²) in [6, 6.07) is 40.6. The normalized spacial score (nSPS) is 20.4. The third-order valence-corrected chi connectivity index (χ3v) is 10.4. The first-order valence-corrected chi connectivity index (χ1v) is 19.7. The van der Waals surface area contributed by atoms with Gasteiger partial charge in [-0.2, -0.15) is 0 Å². The molecule has 2 heterocycles. The largest absolute Gasteiger partial charge is 0.484 e. The zero-order valence-corrected chi connectivity index (χ0v) is 33.1. The van der Waals surface area contributed by atoms with E-state index in [-0.39, 0.29) is 61.8 Å². The summed E-state index contributed by atoms with van der Waals surface area (Å²) in [4.78, 5) is 16.3. The third kappa shape index (κ3) is 9.53. The Balaban J connectivity index is 1.32. The van der Waals surface area contributed by atoms with Crippen LogP contribution >= 0.6 is 0 Å². The zero-order chi connectivity index (χ0) is 40.3. The van der Waals surface area contributed by atoms with Crippen molar-refractivity contribution in [1.82, 2.24) is 4.90 Å². The summed E-state index contributed by atoms with van der Waals surface area (Å²) in [6.07, 6.45) is -6.20. The average Bonchev–Trinajstić information content (AvgIpc) is 3.76. The number of amides is 1. The molecule has 304 valence electrons. The summed E-state index contributed by atoms with van der Waals surface area (Å²) in [6.45, 7) is 5.33. The predicted molar refractivity (Wildman–Crippen MR) is 216 cm³/mol. The molecule has 1 N–H and O–H groups in total. The number of aliphatic hydroxyl groups is 1. The van der Waals surface area contributed by atoms with Crippen LogP contribution in [0, 0.1) is 0 Å². The average molecular weight is 790 g/mol. The van der Waals surface area contributed by atoms with Crippen molar-refractivity contribution >= 4 is 5.91 Å². The standard InChI is InChI=1S/C47H51NO10/c1-4-48(5-2)46(50)38-36(26-37-40(57-31-56-37)41(38)52-27-32-18-10-6-11-19-32)39(49)42-43(53-28-33-20-12-7-13-21-33)44(54-29-34-22-14-8-15-23-34)45(47(51-3)58-42)55-30-35-24-16-9-17-25-35/h6-26,39,42-45,47,49H,4-5,27-31H2,1-3H3/t39?,42-,43+,44+,45-,47+/m1/s1. The number of carbonyl (C=O) groups is 1. The molecule has 6 atom stereocenters. The summed E-state index contributed by atoms with van der Waals surface area (Å²) < 4.78 is 51.2. The molecule has 7 rings (SSSR count). The van der Waals surface area contributed by atoms with E-state index in [0.29, 0.717) is 18.8 Å². The maximum Gasteiger partial charge on any atom is 0.258 e. The number of hydrogen-bond acceptors (Lipinski definition) is 10. The van der Waals surface area contributed by atoms with Crippen LogP contribution in [0.2, 0.25) is 0 Å². The van der Waals surface area contributed by atoms with Crippen molar-refractivity contribution in [3.8, 4) is 17.2 Å². The fourth-order valence-electron chi connectivity index (χ4n) is 7.33. The van der Waals surface area contributed by atoms with Crippen molar-refractivity contribution in [2.75, 3.05) is 27.0 Å². The molecule has 1 saturated heterocycles. The van der Waals surface area contributed by atoms with Crippen molar-refractivity contribution in [3.63, 3.8) is 0 Å². The van der Waals surface area contributed by atoms with E-state index in [0.717, 1.165) is 22.3 Å². The van der Waals surface area contributed by atoms with Gasteiger partial charge in [0.1, 0.15) is 37.1 Å². The smallest absolute Gasteiger partial charge is 0.258 e. The molecule has 1 fully saturated rings. The van der Waals surface area contributed by atoms with Crippen LogP contribution < -0.4 is 14.2 Å². The molecule has 0 bridgehead atoms. The summed E-state index contributed by atoms with van der Waals surface area (Å²) >= 11 is 0. The zero-order valence-electron chi connectivity index (χ0n) is 33.1. The van der Waals surface area contributed by atoms with Crippen LogP contribution in [0.15, 0.2) is 127 Å². The lowest BCUT2D eigenvalue weighted by atomic mass is 9.88. The van der Waals surface area contributed by atoms with Gasteiger partial charge in [0.15, 0.2) is 17.8 Å². The van der Waals surface area contributed by atoms with Crippen LogP contribution in [0.1, 0.15) is 58.1 Å². The Morgan fingerprint density at radius 2 is 1.17 bits per heavy atom. The molecule has 2 aliphatic rings. The SMILES string of the molecule is CCN(CC)C(=O)c1c(C(O)[C@H]2O[C@H](OC)[C@H](OCc3ccccc3)[C@@H](OCc3ccccc3)[C@H]2OCc2ccccc2)cc2c(c1OCc1ccccc1)OCO2. The van der Waals surface area contributed by atoms with Crippen LogP contribution in [0.25, 0.3) is 0 Å². The first-order valence-electron chi connectivity index (χ1n) is 19.7. The number of nitrogens with zero attached hydrogens (tertiary/aromatic N) is 1. The van der Waals surface area contributed by atoms with Gasteiger partial charge in [-0.25, -0.2) is 0 Å². The lowest BCUT2D eigenvalue weighted by molar-refractivity contribution is -0.330. The number of ether oxygens (including phenoxy) is 8. The van der Waals surface area contributed by atoms with Crippen molar-refractivity contribution in [2.24, 2.45) is 0 Å². The van der Waals surface area contributed by atoms with Gasteiger partial charge in [-0.15, -0.1) is 0 Å². The monoisotopic (exact) mass is 789 g/mol. The number of rotatable bonds is 18. The van der Waals surface area contributed by atoms with Crippen molar-refractivity contribution < 1.29 is 47.8 Å². The molecule has 5 aromatic carbocycles. The van der Waals surface area contributed by atoms with Gasteiger partial charge < -0.3 is 47.9 Å². The highest BCUT2D eigenvalue weighted by Crippen LogP contribution is 2.49.